The summed E-state index contributed by atoms with van der Waals surface area (Å²) in [6.45, 7) is 1.60. The molecule has 1 amide bonds. The number of aryl methyl sites for hydroxylation is 1. The number of benzene rings is 2. The van der Waals surface area contributed by atoms with Crippen molar-refractivity contribution >= 4 is 49.3 Å². The van der Waals surface area contributed by atoms with E-state index in [1.165, 1.54) is 10.9 Å². The highest BCUT2D eigenvalue weighted by Crippen LogP contribution is 2.35. The summed E-state index contributed by atoms with van der Waals surface area (Å²) in [5.41, 5.74) is 2.04. The number of carbonyl (C=O) groups excluding carboxylic acids is 1. The van der Waals surface area contributed by atoms with Gasteiger partial charge in [0.25, 0.3) is 11.5 Å². The zero-order valence-electron chi connectivity index (χ0n) is 14.7. The maximum Gasteiger partial charge on any atom is 0.284 e. The average Bonchev–Trinajstić information content (AvgIpc) is 2.97. The van der Waals surface area contributed by atoms with Crippen LogP contribution in [0.25, 0.3) is 21.8 Å². The van der Waals surface area contributed by atoms with Crippen molar-refractivity contribution in [1.82, 2.24) is 14.5 Å². The third kappa shape index (κ3) is 3.31. The van der Waals surface area contributed by atoms with Crippen molar-refractivity contribution in [2.24, 2.45) is 10.2 Å². The van der Waals surface area contributed by atoms with Crippen LogP contribution in [0, 0.1) is 6.92 Å². The number of hydrogen-bond acceptors (Lipinski definition) is 5. The topological polar surface area (TPSA) is 113 Å². The Hall–Kier alpha value is -3.33. The molecule has 0 saturated heterocycles. The lowest BCUT2D eigenvalue weighted by atomic mass is 10.2. The molecule has 0 aliphatic carbocycles. The molecule has 28 heavy (non-hydrogen) atoms. The Morgan fingerprint density at radius 1 is 1.25 bits per heavy atom. The van der Waals surface area contributed by atoms with Gasteiger partial charge >= 0.3 is 0 Å². The van der Waals surface area contributed by atoms with E-state index in [1.807, 2.05) is 25.1 Å². The molecule has 0 radical (unpaired) electrons. The van der Waals surface area contributed by atoms with Crippen LogP contribution in [0.5, 0.6) is 5.88 Å². The Morgan fingerprint density at radius 2 is 2.07 bits per heavy atom. The summed E-state index contributed by atoms with van der Waals surface area (Å²) in [4.78, 5) is 31.7. The first-order valence-electron chi connectivity index (χ1n) is 8.33. The van der Waals surface area contributed by atoms with Gasteiger partial charge in [-0.25, -0.2) is 4.98 Å². The number of amides is 1. The maximum absolute atomic E-state index is 12.5. The lowest BCUT2D eigenvalue weighted by molar-refractivity contribution is -0.118. The molecule has 8 nitrogen and oxygen atoms in total. The SMILES string of the molecule is Cc1ccc2[nH]c(O)c(N=NC(=O)Cn3cnc4ccc(Br)cc4c3=O)c2c1. The van der Waals surface area contributed by atoms with Crippen LogP contribution in [-0.2, 0) is 11.3 Å². The number of hydrogen-bond donors (Lipinski definition) is 2. The molecular weight excluding hydrogens is 426 g/mol. The van der Waals surface area contributed by atoms with E-state index < -0.39 is 5.91 Å². The third-order valence-electron chi connectivity index (χ3n) is 4.26. The fraction of sp³-hybridized carbons (Fsp3) is 0.105. The molecule has 2 heterocycles. The summed E-state index contributed by atoms with van der Waals surface area (Å²) >= 11 is 3.32. The molecule has 0 unspecified atom stereocenters. The second kappa shape index (κ2) is 7.01. The zero-order chi connectivity index (χ0) is 19.8. The molecule has 140 valence electrons. The predicted molar refractivity (Wildman–Crippen MR) is 108 cm³/mol. The number of H-pyrrole nitrogens is 1. The van der Waals surface area contributed by atoms with Crippen molar-refractivity contribution < 1.29 is 9.90 Å². The third-order valence-corrected chi connectivity index (χ3v) is 4.75. The first-order valence-corrected chi connectivity index (χ1v) is 9.12. The van der Waals surface area contributed by atoms with Crippen molar-refractivity contribution in [3.63, 3.8) is 0 Å². The molecule has 0 fully saturated rings. The average molecular weight is 440 g/mol. The van der Waals surface area contributed by atoms with Gasteiger partial charge in [0.15, 0.2) is 5.69 Å². The fourth-order valence-corrected chi connectivity index (χ4v) is 3.27. The lowest BCUT2D eigenvalue weighted by Crippen LogP contribution is -2.23. The lowest BCUT2D eigenvalue weighted by Gasteiger charge is -2.04. The van der Waals surface area contributed by atoms with Crippen LogP contribution in [-0.4, -0.2) is 25.5 Å². The van der Waals surface area contributed by atoms with Gasteiger partial charge in [0, 0.05) is 9.86 Å². The van der Waals surface area contributed by atoms with Gasteiger partial charge in [-0.05, 0) is 37.3 Å². The fourth-order valence-electron chi connectivity index (χ4n) is 2.91. The summed E-state index contributed by atoms with van der Waals surface area (Å²) in [7, 11) is 0. The number of fused-ring (bicyclic) bond motifs is 2. The normalized spacial score (nSPS) is 11.6. The number of aromatic amines is 1. The molecule has 0 aliphatic heterocycles. The first kappa shape index (κ1) is 18.1. The Balaban J connectivity index is 1.63. The Morgan fingerprint density at radius 3 is 2.89 bits per heavy atom. The van der Waals surface area contributed by atoms with E-state index in [1.54, 1.807) is 18.2 Å². The minimum atomic E-state index is -0.639. The van der Waals surface area contributed by atoms with E-state index in [4.69, 9.17) is 0 Å². The minimum Gasteiger partial charge on any atom is -0.493 e. The smallest absolute Gasteiger partial charge is 0.284 e. The van der Waals surface area contributed by atoms with Gasteiger partial charge in [-0.2, -0.15) is 0 Å². The maximum atomic E-state index is 12.5. The highest BCUT2D eigenvalue weighted by atomic mass is 79.9. The number of rotatable bonds is 3. The van der Waals surface area contributed by atoms with Crippen molar-refractivity contribution in [1.29, 1.82) is 0 Å². The Bertz CT molecular complexity index is 1320. The largest absolute Gasteiger partial charge is 0.493 e. The number of nitrogens with zero attached hydrogens (tertiary/aromatic N) is 4. The van der Waals surface area contributed by atoms with Gasteiger partial charge in [0.1, 0.15) is 6.54 Å². The molecule has 4 rings (SSSR count). The van der Waals surface area contributed by atoms with Crippen LogP contribution in [0.2, 0.25) is 0 Å². The van der Waals surface area contributed by atoms with Crippen molar-refractivity contribution in [3.8, 4) is 5.88 Å². The molecule has 2 aromatic carbocycles. The van der Waals surface area contributed by atoms with Crippen LogP contribution < -0.4 is 5.56 Å². The van der Waals surface area contributed by atoms with E-state index >= 15 is 0 Å². The van der Waals surface area contributed by atoms with Crippen molar-refractivity contribution in [2.45, 2.75) is 13.5 Å². The molecule has 0 atom stereocenters. The predicted octanol–water partition coefficient (Wildman–Crippen LogP) is 3.96. The number of azo groups is 1. The second-order valence-corrected chi connectivity index (χ2v) is 7.22. The summed E-state index contributed by atoms with van der Waals surface area (Å²) < 4.78 is 1.92. The summed E-state index contributed by atoms with van der Waals surface area (Å²) in [6, 6.07) is 10.7. The quantitative estimate of drug-likeness (QED) is 0.470. The monoisotopic (exact) mass is 439 g/mol. The summed E-state index contributed by atoms with van der Waals surface area (Å²) in [6.07, 6.45) is 1.30. The van der Waals surface area contributed by atoms with Crippen LogP contribution in [0.1, 0.15) is 5.56 Å². The highest BCUT2D eigenvalue weighted by Gasteiger charge is 2.12. The molecule has 2 N–H and O–H groups in total. The Labute approximate surface area is 166 Å². The van der Waals surface area contributed by atoms with Crippen LogP contribution in [0.3, 0.4) is 0 Å². The van der Waals surface area contributed by atoms with E-state index in [2.05, 4.69) is 36.1 Å². The van der Waals surface area contributed by atoms with Crippen LogP contribution in [0.15, 0.2) is 62.2 Å². The molecular formula is C19H14BrN5O3. The second-order valence-electron chi connectivity index (χ2n) is 6.30. The number of carbonyl (C=O) groups is 1. The molecule has 0 aliphatic rings. The van der Waals surface area contributed by atoms with Crippen molar-refractivity contribution in [3.05, 3.63) is 63.1 Å². The van der Waals surface area contributed by atoms with E-state index in [0.717, 1.165) is 10.0 Å². The molecule has 9 heteroatoms. The minimum absolute atomic E-state index is 0.175. The van der Waals surface area contributed by atoms with Gasteiger partial charge < -0.3 is 10.1 Å². The molecule has 0 spiro atoms. The number of halogens is 1. The van der Waals surface area contributed by atoms with Gasteiger partial charge in [0.2, 0.25) is 5.88 Å². The van der Waals surface area contributed by atoms with Crippen molar-refractivity contribution in [2.75, 3.05) is 0 Å². The molecule has 2 aromatic heterocycles. The summed E-state index contributed by atoms with van der Waals surface area (Å²) in [5, 5.41) is 18.6. The number of nitrogens with one attached hydrogen (secondary N) is 1. The van der Waals surface area contributed by atoms with Gasteiger partial charge in [-0.3, -0.25) is 14.2 Å². The number of aromatic nitrogens is 3. The van der Waals surface area contributed by atoms with Crippen LogP contribution in [0.4, 0.5) is 5.69 Å². The van der Waals surface area contributed by atoms with Gasteiger partial charge in [0.05, 0.1) is 22.7 Å². The van der Waals surface area contributed by atoms with Crippen LogP contribution >= 0.6 is 15.9 Å². The van der Waals surface area contributed by atoms with Gasteiger partial charge in [-0.15, -0.1) is 10.2 Å². The summed E-state index contributed by atoms with van der Waals surface area (Å²) in [5.74, 6) is -0.814. The highest BCUT2D eigenvalue weighted by molar-refractivity contribution is 9.10. The standard InChI is InChI=1S/C19H14BrN5O3/c1-10-2-4-15-12(6-10)17(18(27)22-15)24-23-16(26)8-25-9-21-14-5-3-11(20)7-13(14)19(25)28/h2-7,9,22,27H,8H2,1H3. The van der Waals surface area contributed by atoms with Gasteiger partial charge in [-0.1, -0.05) is 27.6 Å². The molecule has 0 bridgehead atoms. The van der Waals surface area contributed by atoms with E-state index in [-0.39, 0.29) is 23.7 Å². The zero-order valence-corrected chi connectivity index (χ0v) is 16.3. The first-order chi connectivity index (χ1) is 13.4. The van der Waals surface area contributed by atoms with E-state index in [0.29, 0.717) is 21.8 Å². The Kier molecular flexibility index (Phi) is 4.52. The number of aromatic hydroxyl groups is 1. The molecule has 0 saturated carbocycles. The molecule has 4 aromatic rings. The van der Waals surface area contributed by atoms with E-state index in [9.17, 15) is 14.7 Å².